The lowest BCUT2D eigenvalue weighted by molar-refractivity contribution is -0.117. The number of anilines is 1. The smallest absolute Gasteiger partial charge is 0.257 e. The summed E-state index contributed by atoms with van der Waals surface area (Å²) < 4.78 is 29.9. The van der Waals surface area contributed by atoms with Crippen LogP contribution in [0.1, 0.15) is 47.3 Å². The quantitative estimate of drug-likeness (QED) is 0.629. The van der Waals surface area contributed by atoms with E-state index in [1.807, 2.05) is 0 Å². The van der Waals surface area contributed by atoms with E-state index in [9.17, 15) is 23.1 Å². The van der Waals surface area contributed by atoms with E-state index in [2.05, 4.69) is 5.32 Å². The first kappa shape index (κ1) is 22.1. The molecule has 0 spiro atoms. The molecule has 1 aliphatic heterocycles. The molecular formula is C23H26N2O6S. The standard InChI is InChI=1S/C23H26N2O6S/c1-3-31-20-11-15(9-10-19(20)26)18(13-32(2,29)30)25-12-16-5-4-6-17(21(16)23(25)28)24-22(27)14-7-8-14/h4-6,9-11,14,18,26H,3,7-8,12-13H2,1-2H3,(H,24,27)/t18-/m1/s1. The molecule has 170 valence electrons. The van der Waals surface area contributed by atoms with E-state index in [4.69, 9.17) is 4.74 Å². The summed E-state index contributed by atoms with van der Waals surface area (Å²) in [6.45, 7) is 2.32. The van der Waals surface area contributed by atoms with Gasteiger partial charge >= 0.3 is 0 Å². The Morgan fingerprint density at radius 3 is 2.69 bits per heavy atom. The Balaban J connectivity index is 1.70. The molecule has 9 heteroatoms. The highest BCUT2D eigenvalue weighted by molar-refractivity contribution is 7.90. The highest BCUT2D eigenvalue weighted by atomic mass is 32.2. The van der Waals surface area contributed by atoms with E-state index >= 15 is 0 Å². The van der Waals surface area contributed by atoms with Gasteiger partial charge in [0.15, 0.2) is 11.5 Å². The number of carbonyl (C=O) groups excluding carboxylic acids is 2. The fraction of sp³-hybridized carbons (Fsp3) is 0.391. The summed E-state index contributed by atoms with van der Waals surface area (Å²) in [6.07, 6.45) is 2.82. The van der Waals surface area contributed by atoms with Gasteiger partial charge in [0.2, 0.25) is 5.91 Å². The van der Waals surface area contributed by atoms with E-state index < -0.39 is 15.9 Å². The maximum absolute atomic E-state index is 13.5. The van der Waals surface area contributed by atoms with Crippen molar-refractivity contribution in [3.8, 4) is 11.5 Å². The Morgan fingerprint density at radius 1 is 1.28 bits per heavy atom. The SMILES string of the molecule is CCOc1cc([C@@H](CS(C)(=O)=O)N2Cc3cccc(NC(=O)C4CC4)c3C2=O)ccc1O. The van der Waals surface area contributed by atoms with Crippen molar-refractivity contribution in [2.45, 2.75) is 32.4 Å². The van der Waals surface area contributed by atoms with E-state index in [1.165, 1.54) is 11.0 Å². The number of nitrogens with one attached hydrogen (secondary N) is 1. The molecule has 1 aliphatic carbocycles. The molecule has 0 aromatic heterocycles. The lowest BCUT2D eigenvalue weighted by atomic mass is 10.1. The van der Waals surface area contributed by atoms with Gasteiger partial charge in [0.05, 0.1) is 29.7 Å². The number of benzene rings is 2. The third kappa shape index (κ3) is 4.57. The van der Waals surface area contributed by atoms with Gasteiger partial charge in [-0.1, -0.05) is 18.2 Å². The summed E-state index contributed by atoms with van der Waals surface area (Å²) >= 11 is 0. The zero-order chi connectivity index (χ0) is 23.0. The summed E-state index contributed by atoms with van der Waals surface area (Å²) in [4.78, 5) is 27.2. The van der Waals surface area contributed by atoms with Crippen LogP contribution in [0.15, 0.2) is 36.4 Å². The molecule has 2 aromatic rings. The van der Waals surface area contributed by atoms with Gasteiger partial charge in [0.25, 0.3) is 5.91 Å². The van der Waals surface area contributed by atoms with Crippen molar-refractivity contribution in [3.63, 3.8) is 0 Å². The predicted molar refractivity (Wildman–Crippen MR) is 119 cm³/mol. The van der Waals surface area contributed by atoms with Gasteiger partial charge in [0.1, 0.15) is 9.84 Å². The Bertz CT molecular complexity index is 1170. The van der Waals surface area contributed by atoms with Crippen LogP contribution in [0.25, 0.3) is 0 Å². The molecule has 2 aliphatic rings. The number of phenolic OH excluding ortho intramolecular Hbond substituents is 1. The Labute approximate surface area is 187 Å². The molecule has 0 unspecified atom stereocenters. The Hall–Kier alpha value is -3.07. The molecule has 0 bridgehead atoms. The Morgan fingerprint density at radius 2 is 2.03 bits per heavy atom. The number of rotatable bonds is 8. The molecule has 2 aromatic carbocycles. The summed E-state index contributed by atoms with van der Waals surface area (Å²) in [5.41, 5.74) is 2.11. The number of sulfone groups is 1. The molecule has 32 heavy (non-hydrogen) atoms. The molecular weight excluding hydrogens is 432 g/mol. The minimum absolute atomic E-state index is 0.00886. The van der Waals surface area contributed by atoms with Crippen LogP contribution in [0.4, 0.5) is 5.69 Å². The fourth-order valence-electron chi connectivity index (χ4n) is 3.98. The molecule has 2 amide bonds. The molecule has 0 saturated heterocycles. The number of amides is 2. The first-order chi connectivity index (χ1) is 15.2. The number of nitrogens with zero attached hydrogens (tertiary/aromatic N) is 1. The van der Waals surface area contributed by atoms with Crippen molar-refractivity contribution < 1.29 is 27.9 Å². The highest BCUT2D eigenvalue weighted by Crippen LogP contribution is 2.39. The molecule has 4 rings (SSSR count). The first-order valence-corrected chi connectivity index (χ1v) is 12.6. The van der Waals surface area contributed by atoms with Crippen LogP contribution in [0.3, 0.4) is 0 Å². The third-order valence-corrected chi connectivity index (χ3v) is 6.60. The second-order valence-corrected chi connectivity index (χ2v) is 10.5. The topological polar surface area (TPSA) is 113 Å². The van der Waals surface area contributed by atoms with Gasteiger partial charge < -0.3 is 20.1 Å². The van der Waals surface area contributed by atoms with Gasteiger partial charge in [0, 0.05) is 18.7 Å². The first-order valence-electron chi connectivity index (χ1n) is 10.5. The highest BCUT2D eigenvalue weighted by Gasteiger charge is 2.38. The second kappa shape index (κ2) is 8.46. The largest absolute Gasteiger partial charge is 0.504 e. The van der Waals surface area contributed by atoms with Crippen LogP contribution in [-0.2, 0) is 21.2 Å². The molecule has 8 nitrogen and oxygen atoms in total. The summed E-state index contributed by atoms with van der Waals surface area (Å²) in [5.74, 6) is -0.568. The predicted octanol–water partition coefficient (Wildman–Crippen LogP) is 2.88. The van der Waals surface area contributed by atoms with Gasteiger partial charge in [-0.15, -0.1) is 0 Å². The van der Waals surface area contributed by atoms with Crippen molar-refractivity contribution in [3.05, 3.63) is 53.1 Å². The fourth-order valence-corrected chi connectivity index (χ4v) is 4.93. The van der Waals surface area contributed by atoms with Crippen LogP contribution in [0, 0.1) is 5.92 Å². The average molecular weight is 459 g/mol. The minimum atomic E-state index is -3.45. The third-order valence-electron chi connectivity index (χ3n) is 5.68. The van der Waals surface area contributed by atoms with Gasteiger partial charge in [-0.2, -0.15) is 0 Å². The number of ether oxygens (including phenoxy) is 1. The number of hydrogen-bond acceptors (Lipinski definition) is 6. The summed E-state index contributed by atoms with van der Waals surface area (Å²) in [5, 5.41) is 12.9. The number of aromatic hydroxyl groups is 1. The minimum Gasteiger partial charge on any atom is -0.504 e. The van der Waals surface area contributed by atoms with Crippen LogP contribution < -0.4 is 10.1 Å². The molecule has 0 radical (unpaired) electrons. The van der Waals surface area contributed by atoms with Gasteiger partial charge in [-0.3, -0.25) is 9.59 Å². The second-order valence-electron chi connectivity index (χ2n) is 8.30. The van der Waals surface area contributed by atoms with Crippen LogP contribution in [0.2, 0.25) is 0 Å². The van der Waals surface area contributed by atoms with E-state index in [0.29, 0.717) is 23.4 Å². The van der Waals surface area contributed by atoms with Gasteiger partial charge in [-0.05, 0) is 49.1 Å². The lowest BCUT2D eigenvalue weighted by Gasteiger charge is -2.28. The van der Waals surface area contributed by atoms with Crippen molar-refractivity contribution in [1.82, 2.24) is 4.90 Å². The van der Waals surface area contributed by atoms with Gasteiger partial charge in [-0.25, -0.2) is 8.42 Å². The zero-order valence-electron chi connectivity index (χ0n) is 18.0. The number of phenols is 1. The average Bonchev–Trinajstić information content (AvgIpc) is 3.52. The molecule has 1 atom stereocenters. The number of hydrogen-bond donors (Lipinski definition) is 2. The number of fused-ring (bicyclic) bond motifs is 1. The molecule has 1 fully saturated rings. The van der Waals surface area contributed by atoms with E-state index in [-0.39, 0.29) is 41.5 Å². The van der Waals surface area contributed by atoms with Crippen molar-refractivity contribution in [1.29, 1.82) is 0 Å². The molecule has 1 heterocycles. The van der Waals surface area contributed by atoms with E-state index in [0.717, 1.165) is 24.7 Å². The maximum Gasteiger partial charge on any atom is 0.257 e. The number of carbonyl (C=O) groups is 2. The van der Waals surface area contributed by atoms with Crippen molar-refractivity contribution >= 4 is 27.3 Å². The zero-order valence-corrected chi connectivity index (χ0v) is 18.8. The van der Waals surface area contributed by atoms with Crippen LogP contribution >= 0.6 is 0 Å². The lowest BCUT2D eigenvalue weighted by Crippen LogP contribution is -2.34. The van der Waals surface area contributed by atoms with Crippen molar-refractivity contribution in [2.75, 3.05) is 23.9 Å². The Kier molecular flexibility index (Phi) is 5.85. The van der Waals surface area contributed by atoms with E-state index in [1.54, 1.807) is 37.3 Å². The normalized spacial score (nSPS) is 16.6. The molecule has 2 N–H and O–H groups in total. The maximum atomic E-state index is 13.5. The van der Waals surface area contributed by atoms with Crippen molar-refractivity contribution in [2.24, 2.45) is 5.92 Å². The van der Waals surface area contributed by atoms with Crippen LogP contribution in [-0.4, -0.2) is 48.9 Å². The summed E-state index contributed by atoms with van der Waals surface area (Å²) in [6, 6.07) is 9.10. The monoisotopic (exact) mass is 458 g/mol. The van der Waals surface area contributed by atoms with Crippen LogP contribution in [0.5, 0.6) is 11.5 Å². The summed E-state index contributed by atoms with van der Waals surface area (Å²) in [7, 11) is -3.45. The molecule has 1 saturated carbocycles.